The lowest BCUT2D eigenvalue weighted by atomic mass is 10.0. The molecule has 5 rings (SSSR count). The monoisotopic (exact) mass is 558 g/mol. The number of ether oxygens (including phenoxy) is 2. The number of hydrogen-bond donors (Lipinski definition) is 3. The Balaban J connectivity index is 1.21. The molecule has 3 N–H and O–H groups in total. The molecule has 1 fully saturated rings. The van der Waals surface area contributed by atoms with Crippen LogP contribution < -0.4 is 10.6 Å². The number of hydrogen-bond acceptors (Lipinski definition) is 6. The maximum absolute atomic E-state index is 12.2. The molecular weight excluding hydrogens is 524 g/mol. The molecule has 2 heterocycles. The van der Waals surface area contributed by atoms with Crippen molar-refractivity contribution < 1.29 is 19.4 Å². The predicted octanol–water partition coefficient (Wildman–Crippen LogP) is 5.25. The van der Waals surface area contributed by atoms with Gasteiger partial charge in [-0.05, 0) is 22.3 Å². The number of nitrogens with one attached hydrogen (secondary N) is 2. The summed E-state index contributed by atoms with van der Waals surface area (Å²) in [6.45, 7) is 0.901. The standard InChI is InChI=1S/C31H34N4O4S/c1-35-16-15-32-31(35)40-21-27-17-28(25-11-9-24(20-36)10-12-25)39-29(38-27)26-13-7-23(8-14-26)19-34-30(37)33-18-22-5-3-2-4-6-22/h2-16,27-29,36H,17-21H2,1H3,(H2,33,34,37)/t27-,28+,29+/m0/s1. The maximum Gasteiger partial charge on any atom is 0.315 e. The SMILES string of the molecule is Cn1ccnc1SC[C@@H]1C[C@H](c2ccc(CO)cc2)O[C@H](c2ccc(CNC(=O)NCc3ccccc3)cc2)O1. The van der Waals surface area contributed by atoms with Crippen molar-refractivity contribution in [1.82, 2.24) is 20.2 Å². The second-order valence-corrected chi connectivity index (χ2v) is 10.7. The second kappa shape index (κ2) is 13.6. The molecule has 0 bridgehead atoms. The molecule has 0 aliphatic carbocycles. The molecule has 3 aromatic carbocycles. The number of thioether (sulfide) groups is 1. The third kappa shape index (κ3) is 7.51. The van der Waals surface area contributed by atoms with Gasteiger partial charge in [-0.2, -0.15) is 0 Å². The molecule has 0 saturated carbocycles. The van der Waals surface area contributed by atoms with Crippen LogP contribution >= 0.6 is 11.8 Å². The number of nitrogens with zero attached hydrogens (tertiary/aromatic N) is 2. The van der Waals surface area contributed by atoms with Gasteiger partial charge in [-0.3, -0.25) is 0 Å². The first-order valence-electron chi connectivity index (χ1n) is 13.3. The van der Waals surface area contributed by atoms with Gasteiger partial charge >= 0.3 is 6.03 Å². The predicted molar refractivity (Wildman–Crippen MR) is 154 cm³/mol. The lowest BCUT2D eigenvalue weighted by Crippen LogP contribution is -2.34. The number of aliphatic hydroxyl groups is 1. The van der Waals surface area contributed by atoms with Crippen molar-refractivity contribution in [2.75, 3.05) is 5.75 Å². The number of urea groups is 1. The summed E-state index contributed by atoms with van der Waals surface area (Å²) in [5.41, 5.74) is 4.87. The van der Waals surface area contributed by atoms with Gasteiger partial charge in [0.2, 0.25) is 0 Å². The molecular formula is C31H34N4O4S. The Morgan fingerprint density at radius 3 is 2.23 bits per heavy atom. The molecule has 208 valence electrons. The van der Waals surface area contributed by atoms with Crippen molar-refractivity contribution in [3.8, 4) is 0 Å². The van der Waals surface area contributed by atoms with E-state index in [1.165, 1.54) is 0 Å². The van der Waals surface area contributed by atoms with Crippen molar-refractivity contribution in [3.05, 3.63) is 119 Å². The van der Waals surface area contributed by atoms with Crippen molar-refractivity contribution in [2.45, 2.75) is 49.8 Å². The fourth-order valence-corrected chi connectivity index (χ4v) is 5.45. The summed E-state index contributed by atoms with van der Waals surface area (Å²) in [6.07, 6.45) is 3.73. The average molecular weight is 559 g/mol. The lowest BCUT2D eigenvalue weighted by molar-refractivity contribution is -0.245. The first-order chi connectivity index (χ1) is 19.6. The summed E-state index contributed by atoms with van der Waals surface area (Å²) in [5, 5.41) is 16.2. The van der Waals surface area contributed by atoms with E-state index in [0.717, 1.165) is 38.7 Å². The molecule has 1 aliphatic heterocycles. The molecule has 3 atom stereocenters. The zero-order valence-electron chi connectivity index (χ0n) is 22.4. The number of aromatic nitrogens is 2. The van der Waals surface area contributed by atoms with Crippen LogP contribution in [0.4, 0.5) is 4.79 Å². The van der Waals surface area contributed by atoms with Crippen LogP contribution in [0, 0.1) is 0 Å². The largest absolute Gasteiger partial charge is 0.392 e. The Morgan fingerprint density at radius 2 is 1.57 bits per heavy atom. The van der Waals surface area contributed by atoms with Crippen LogP contribution in [0.3, 0.4) is 0 Å². The molecule has 1 saturated heterocycles. The highest BCUT2D eigenvalue weighted by molar-refractivity contribution is 7.99. The van der Waals surface area contributed by atoms with Crippen molar-refractivity contribution in [3.63, 3.8) is 0 Å². The Hall–Kier alpha value is -3.63. The van der Waals surface area contributed by atoms with Gasteiger partial charge in [-0.1, -0.05) is 90.6 Å². The summed E-state index contributed by atoms with van der Waals surface area (Å²) >= 11 is 1.67. The highest BCUT2D eigenvalue weighted by Gasteiger charge is 2.32. The Labute approximate surface area is 238 Å². The van der Waals surface area contributed by atoms with Gasteiger partial charge in [0.05, 0.1) is 18.8 Å². The van der Waals surface area contributed by atoms with Crippen LogP contribution in [0.5, 0.6) is 0 Å². The minimum absolute atomic E-state index is 0.0103. The van der Waals surface area contributed by atoms with Crippen LogP contribution in [0.2, 0.25) is 0 Å². The molecule has 2 amide bonds. The molecule has 9 heteroatoms. The normalized spacial score (nSPS) is 18.8. The number of aliphatic hydroxyl groups excluding tert-OH is 1. The molecule has 40 heavy (non-hydrogen) atoms. The molecule has 0 spiro atoms. The molecule has 1 aliphatic rings. The van der Waals surface area contributed by atoms with Crippen LogP contribution in [-0.4, -0.2) is 32.5 Å². The van der Waals surface area contributed by atoms with E-state index < -0.39 is 6.29 Å². The van der Waals surface area contributed by atoms with Crippen molar-refractivity contribution >= 4 is 17.8 Å². The van der Waals surface area contributed by atoms with Gasteiger partial charge in [0, 0.05) is 50.3 Å². The van der Waals surface area contributed by atoms with E-state index in [9.17, 15) is 9.90 Å². The van der Waals surface area contributed by atoms with Crippen LogP contribution in [0.15, 0.2) is 96.4 Å². The van der Waals surface area contributed by atoms with Gasteiger partial charge in [0.15, 0.2) is 11.4 Å². The van der Waals surface area contributed by atoms with Gasteiger partial charge in [-0.25, -0.2) is 9.78 Å². The Morgan fingerprint density at radius 1 is 0.925 bits per heavy atom. The first kappa shape index (κ1) is 27.9. The quantitative estimate of drug-likeness (QED) is 0.230. The van der Waals surface area contributed by atoms with Gasteiger partial charge in [0.25, 0.3) is 0 Å². The van der Waals surface area contributed by atoms with Crippen LogP contribution in [0.25, 0.3) is 0 Å². The van der Waals surface area contributed by atoms with E-state index in [0.29, 0.717) is 19.5 Å². The highest BCUT2D eigenvalue weighted by Crippen LogP contribution is 2.39. The molecule has 8 nitrogen and oxygen atoms in total. The molecule has 0 unspecified atom stereocenters. The summed E-state index contributed by atoms with van der Waals surface area (Å²) in [6, 6.07) is 25.4. The van der Waals surface area contributed by atoms with Gasteiger partial charge < -0.3 is 29.8 Å². The summed E-state index contributed by atoms with van der Waals surface area (Å²) in [7, 11) is 1.98. The summed E-state index contributed by atoms with van der Waals surface area (Å²) in [5.74, 6) is 0.746. The molecule has 0 radical (unpaired) electrons. The minimum atomic E-state index is -0.528. The van der Waals surface area contributed by atoms with Crippen molar-refractivity contribution in [2.24, 2.45) is 7.05 Å². The van der Waals surface area contributed by atoms with Crippen LogP contribution in [0.1, 0.15) is 46.6 Å². The van der Waals surface area contributed by atoms with E-state index in [1.807, 2.05) is 96.7 Å². The number of amides is 2. The van der Waals surface area contributed by atoms with Crippen LogP contribution in [-0.2, 0) is 36.2 Å². The minimum Gasteiger partial charge on any atom is -0.392 e. The molecule has 4 aromatic rings. The van der Waals surface area contributed by atoms with Gasteiger partial charge in [0.1, 0.15) is 0 Å². The topological polar surface area (TPSA) is 97.6 Å². The Bertz CT molecular complexity index is 1360. The Kier molecular flexibility index (Phi) is 9.51. The fraction of sp³-hybridized carbons (Fsp3) is 0.290. The summed E-state index contributed by atoms with van der Waals surface area (Å²) in [4.78, 5) is 16.7. The van der Waals surface area contributed by atoms with E-state index in [4.69, 9.17) is 9.47 Å². The number of aryl methyl sites for hydroxylation is 1. The zero-order valence-corrected chi connectivity index (χ0v) is 23.2. The first-order valence-corrected chi connectivity index (χ1v) is 14.3. The smallest absolute Gasteiger partial charge is 0.315 e. The number of imidazole rings is 1. The maximum atomic E-state index is 12.2. The highest BCUT2D eigenvalue weighted by atomic mass is 32.2. The van der Waals surface area contributed by atoms with E-state index in [1.54, 1.807) is 18.0 Å². The third-order valence-corrected chi connectivity index (χ3v) is 7.98. The zero-order chi connectivity index (χ0) is 27.7. The lowest BCUT2D eigenvalue weighted by Gasteiger charge is -2.36. The average Bonchev–Trinajstić information content (AvgIpc) is 3.43. The van der Waals surface area contributed by atoms with Crippen molar-refractivity contribution in [1.29, 1.82) is 0 Å². The number of benzene rings is 3. The number of rotatable bonds is 10. The van der Waals surface area contributed by atoms with E-state index in [2.05, 4.69) is 15.6 Å². The fourth-order valence-electron chi connectivity index (χ4n) is 4.50. The number of carbonyl (C=O) groups excluding carboxylic acids is 1. The summed E-state index contributed by atoms with van der Waals surface area (Å²) < 4.78 is 14.9. The van der Waals surface area contributed by atoms with E-state index in [-0.39, 0.29) is 24.8 Å². The molecule has 1 aromatic heterocycles. The number of carbonyl (C=O) groups is 1. The second-order valence-electron chi connectivity index (χ2n) is 9.75. The van der Waals surface area contributed by atoms with Gasteiger partial charge in [-0.15, -0.1) is 0 Å². The third-order valence-electron chi connectivity index (χ3n) is 6.79. The van der Waals surface area contributed by atoms with E-state index >= 15 is 0 Å².